The van der Waals surface area contributed by atoms with Crippen molar-refractivity contribution in [2.24, 2.45) is 11.3 Å². The molecular formula is C18H34O5. The number of hydrogen-bond acceptors (Lipinski definition) is 5. The summed E-state index contributed by atoms with van der Waals surface area (Å²) in [6, 6.07) is 0. The fraction of sp³-hybridized carbons (Fsp3) is 0.889. The third-order valence-corrected chi connectivity index (χ3v) is 3.90. The van der Waals surface area contributed by atoms with E-state index in [1.54, 1.807) is 0 Å². The number of unbranched alkanes of at least 4 members (excludes halogenated alkanes) is 1. The minimum atomic E-state index is -1.02. The zero-order chi connectivity index (χ0) is 17.7. The Morgan fingerprint density at radius 3 is 2.00 bits per heavy atom. The molecule has 5 heteroatoms. The van der Waals surface area contributed by atoms with E-state index in [9.17, 15) is 9.59 Å². The Kier molecular flexibility index (Phi) is 12.0. The van der Waals surface area contributed by atoms with Crippen molar-refractivity contribution in [2.75, 3.05) is 33.0 Å². The zero-order valence-corrected chi connectivity index (χ0v) is 15.5. The summed E-state index contributed by atoms with van der Waals surface area (Å²) in [5.41, 5.74) is -1.02. The van der Waals surface area contributed by atoms with Crippen LogP contribution in [0.25, 0.3) is 0 Å². The Bertz CT molecular complexity index is 340. The minimum Gasteiger partial charge on any atom is -0.462 e. The van der Waals surface area contributed by atoms with Gasteiger partial charge >= 0.3 is 5.97 Å². The zero-order valence-electron chi connectivity index (χ0n) is 15.5. The van der Waals surface area contributed by atoms with Gasteiger partial charge in [-0.25, -0.2) is 0 Å². The molecule has 0 aliphatic carbocycles. The number of carbonyl (C=O) groups is 2. The highest BCUT2D eigenvalue weighted by atomic mass is 16.6. The van der Waals surface area contributed by atoms with Gasteiger partial charge in [0.05, 0.1) is 19.8 Å². The molecule has 0 aliphatic heterocycles. The molecule has 0 aliphatic rings. The third kappa shape index (κ3) is 8.47. The van der Waals surface area contributed by atoms with Gasteiger partial charge in [-0.15, -0.1) is 0 Å². The van der Waals surface area contributed by atoms with Gasteiger partial charge in [-0.1, -0.05) is 34.1 Å². The maximum absolute atomic E-state index is 12.4. The fourth-order valence-corrected chi connectivity index (χ4v) is 2.51. The van der Waals surface area contributed by atoms with Crippen LogP contribution in [0.15, 0.2) is 0 Å². The summed E-state index contributed by atoms with van der Waals surface area (Å²) in [5, 5.41) is 0. The van der Waals surface area contributed by atoms with Crippen molar-refractivity contribution < 1.29 is 23.8 Å². The molecule has 0 aromatic heterocycles. The van der Waals surface area contributed by atoms with E-state index >= 15 is 0 Å². The van der Waals surface area contributed by atoms with Crippen LogP contribution in [0.1, 0.15) is 60.3 Å². The van der Waals surface area contributed by atoms with Gasteiger partial charge in [0.1, 0.15) is 17.8 Å². The molecule has 0 aromatic rings. The maximum Gasteiger partial charge on any atom is 0.319 e. The lowest BCUT2D eigenvalue weighted by atomic mass is 9.75. The number of ether oxygens (including phenoxy) is 3. The summed E-state index contributed by atoms with van der Waals surface area (Å²) in [6.07, 6.45) is 3.15. The molecule has 23 heavy (non-hydrogen) atoms. The Labute approximate surface area is 141 Å². The Morgan fingerprint density at radius 2 is 1.52 bits per heavy atom. The second-order valence-corrected chi connectivity index (χ2v) is 6.30. The van der Waals surface area contributed by atoms with E-state index < -0.39 is 11.4 Å². The quantitative estimate of drug-likeness (QED) is 0.277. The van der Waals surface area contributed by atoms with Crippen molar-refractivity contribution in [2.45, 2.75) is 60.3 Å². The van der Waals surface area contributed by atoms with Crippen LogP contribution in [0.2, 0.25) is 0 Å². The second-order valence-electron chi connectivity index (χ2n) is 6.30. The van der Waals surface area contributed by atoms with Crippen LogP contribution in [0.3, 0.4) is 0 Å². The summed E-state index contributed by atoms with van der Waals surface area (Å²) in [6.45, 7) is 11.7. The van der Waals surface area contributed by atoms with E-state index in [0.29, 0.717) is 32.7 Å². The number of Topliss-reactive ketones (excluding diaryl/α,β-unsaturated/α-hetero) is 1. The standard InChI is InChI=1S/C18H34O5/c1-6-8-9-21-10-11-22-12-13-23-17(20)18(7-2,16(5)19)14-15(3)4/h15H,6-14H2,1-5H3. The summed E-state index contributed by atoms with van der Waals surface area (Å²) in [5.74, 6) is -0.296. The first kappa shape index (κ1) is 22.1. The smallest absolute Gasteiger partial charge is 0.319 e. The van der Waals surface area contributed by atoms with Crippen LogP contribution in [0.5, 0.6) is 0 Å². The van der Waals surface area contributed by atoms with E-state index in [4.69, 9.17) is 14.2 Å². The largest absolute Gasteiger partial charge is 0.462 e. The number of carbonyl (C=O) groups excluding carboxylic acids is 2. The lowest BCUT2D eigenvalue weighted by Crippen LogP contribution is -2.40. The topological polar surface area (TPSA) is 61.8 Å². The van der Waals surface area contributed by atoms with Gasteiger partial charge in [0, 0.05) is 6.61 Å². The van der Waals surface area contributed by atoms with E-state index in [-0.39, 0.29) is 18.3 Å². The number of hydrogen-bond donors (Lipinski definition) is 0. The molecule has 0 rings (SSSR count). The van der Waals surface area contributed by atoms with Gasteiger partial charge in [-0.05, 0) is 32.1 Å². The van der Waals surface area contributed by atoms with E-state index in [1.807, 2.05) is 20.8 Å². The Morgan fingerprint density at radius 1 is 0.957 bits per heavy atom. The van der Waals surface area contributed by atoms with Crippen molar-refractivity contribution in [1.82, 2.24) is 0 Å². The molecule has 0 bridgehead atoms. The van der Waals surface area contributed by atoms with E-state index in [1.165, 1.54) is 6.92 Å². The number of rotatable bonds is 14. The number of esters is 1. The molecule has 0 heterocycles. The Hall–Kier alpha value is -0.940. The van der Waals surface area contributed by atoms with Gasteiger partial charge in [-0.3, -0.25) is 9.59 Å². The molecule has 1 unspecified atom stereocenters. The summed E-state index contributed by atoms with van der Waals surface area (Å²) in [4.78, 5) is 24.3. The number of ketones is 1. The predicted octanol–water partition coefficient (Wildman–Crippen LogP) is 3.39. The minimum absolute atomic E-state index is 0.121. The first-order valence-corrected chi connectivity index (χ1v) is 8.74. The Balaban J connectivity index is 4.07. The summed E-state index contributed by atoms with van der Waals surface area (Å²) in [7, 11) is 0. The first-order valence-electron chi connectivity index (χ1n) is 8.74. The van der Waals surface area contributed by atoms with Crippen molar-refractivity contribution in [1.29, 1.82) is 0 Å². The van der Waals surface area contributed by atoms with Crippen LogP contribution in [-0.2, 0) is 23.8 Å². The average molecular weight is 330 g/mol. The molecule has 0 saturated heterocycles. The fourth-order valence-electron chi connectivity index (χ4n) is 2.51. The highest BCUT2D eigenvalue weighted by Crippen LogP contribution is 2.33. The van der Waals surface area contributed by atoms with Crippen LogP contribution < -0.4 is 0 Å². The second kappa shape index (κ2) is 12.5. The first-order chi connectivity index (χ1) is 10.9. The lowest BCUT2D eigenvalue weighted by molar-refractivity contribution is -0.163. The van der Waals surface area contributed by atoms with Gasteiger partial charge in [0.25, 0.3) is 0 Å². The third-order valence-electron chi connectivity index (χ3n) is 3.90. The molecule has 0 spiro atoms. The predicted molar refractivity (Wildman–Crippen MR) is 90.4 cm³/mol. The lowest BCUT2D eigenvalue weighted by Gasteiger charge is -2.29. The monoisotopic (exact) mass is 330 g/mol. The van der Waals surface area contributed by atoms with Gasteiger partial charge in [0.15, 0.2) is 0 Å². The SMILES string of the molecule is CCCCOCCOCCOC(=O)C(CC)(CC(C)C)C(C)=O. The van der Waals surface area contributed by atoms with Crippen molar-refractivity contribution >= 4 is 11.8 Å². The average Bonchev–Trinajstić information content (AvgIpc) is 2.50. The van der Waals surface area contributed by atoms with Crippen molar-refractivity contribution in [3.8, 4) is 0 Å². The molecule has 1 atom stereocenters. The van der Waals surface area contributed by atoms with Crippen LogP contribution >= 0.6 is 0 Å². The van der Waals surface area contributed by atoms with E-state index in [2.05, 4.69) is 6.92 Å². The normalized spacial score (nSPS) is 13.8. The molecule has 0 fully saturated rings. The molecule has 0 saturated carbocycles. The highest BCUT2D eigenvalue weighted by Gasteiger charge is 2.43. The van der Waals surface area contributed by atoms with Gasteiger partial charge < -0.3 is 14.2 Å². The van der Waals surface area contributed by atoms with E-state index in [0.717, 1.165) is 19.4 Å². The van der Waals surface area contributed by atoms with Gasteiger partial charge in [0.2, 0.25) is 0 Å². The van der Waals surface area contributed by atoms with Gasteiger partial charge in [-0.2, -0.15) is 0 Å². The van der Waals surface area contributed by atoms with Crippen LogP contribution in [-0.4, -0.2) is 44.8 Å². The molecule has 0 amide bonds. The highest BCUT2D eigenvalue weighted by molar-refractivity contribution is 6.02. The molecule has 0 aromatic carbocycles. The van der Waals surface area contributed by atoms with Crippen LogP contribution in [0.4, 0.5) is 0 Å². The summed E-state index contributed by atoms with van der Waals surface area (Å²) < 4.78 is 16.0. The van der Waals surface area contributed by atoms with Crippen molar-refractivity contribution in [3.05, 3.63) is 0 Å². The molecule has 5 nitrogen and oxygen atoms in total. The van der Waals surface area contributed by atoms with Crippen LogP contribution in [0, 0.1) is 11.3 Å². The summed E-state index contributed by atoms with van der Waals surface area (Å²) >= 11 is 0. The maximum atomic E-state index is 12.4. The van der Waals surface area contributed by atoms with Crippen molar-refractivity contribution in [3.63, 3.8) is 0 Å². The molecular weight excluding hydrogens is 296 g/mol. The molecule has 136 valence electrons. The molecule has 0 N–H and O–H groups in total. The molecule has 0 radical (unpaired) electrons.